The Morgan fingerprint density at radius 3 is 1.35 bits per heavy atom. The van der Waals surface area contributed by atoms with Gasteiger partial charge in [0.05, 0.1) is 27.9 Å². The van der Waals surface area contributed by atoms with Crippen molar-refractivity contribution in [3.63, 3.8) is 0 Å². The van der Waals surface area contributed by atoms with E-state index in [9.17, 15) is 0 Å². The van der Waals surface area contributed by atoms with Crippen molar-refractivity contribution in [1.29, 1.82) is 0 Å². The molecular weight excluding hydrogens is 761 g/mol. The Morgan fingerprint density at radius 2 is 0.794 bits per heavy atom. The first kappa shape index (κ1) is 34.7. The van der Waals surface area contributed by atoms with Gasteiger partial charge in [0.15, 0.2) is 0 Å². The molecule has 0 N–H and O–H groups in total. The molecule has 4 aliphatic rings. The molecule has 0 unspecified atom stereocenters. The van der Waals surface area contributed by atoms with Gasteiger partial charge in [-0.05, 0) is 97.6 Å². The third-order valence-corrected chi connectivity index (χ3v) is 14.7. The predicted octanol–water partition coefficient (Wildman–Crippen LogP) is 14.5. The van der Waals surface area contributed by atoms with Crippen LogP contribution < -0.4 is 4.90 Å². The lowest BCUT2D eigenvalue weighted by Crippen LogP contribution is -2.45. The molecule has 2 spiro atoms. The Kier molecular flexibility index (Phi) is 7.06. The molecule has 14 rings (SSSR count). The van der Waals surface area contributed by atoms with Gasteiger partial charge in [-0.25, -0.2) is 0 Å². The lowest BCUT2D eigenvalue weighted by Gasteiger charge is -2.50. The van der Waals surface area contributed by atoms with Crippen LogP contribution in [0.3, 0.4) is 0 Å². The second kappa shape index (κ2) is 12.8. The van der Waals surface area contributed by atoms with Crippen LogP contribution >= 0.6 is 0 Å². The average molecular weight is 801 g/mol. The summed E-state index contributed by atoms with van der Waals surface area (Å²) >= 11 is 0. The predicted molar refractivity (Wildman–Crippen MR) is 260 cm³/mol. The van der Waals surface area contributed by atoms with Crippen LogP contribution in [0.5, 0.6) is 0 Å². The molecule has 0 radical (unpaired) electrons. The van der Waals surface area contributed by atoms with Crippen molar-refractivity contribution in [2.24, 2.45) is 0 Å². The van der Waals surface area contributed by atoms with Gasteiger partial charge in [0.2, 0.25) is 0 Å². The third kappa shape index (κ3) is 4.32. The van der Waals surface area contributed by atoms with Crippen LogP contribution in [0, 0.1) is 0 Å². The Balaban J connectivity index is 1.14. The van der Waals surface area contributed by atoms with Crippen molar-refractivity contribution in [3.8, 4) is 27.9 Å². The highest BCUT2D eigenvalue weighted by Gasteiger charge is 2.60. The third-order valence-electron chi connectivity index (χ3n) is 14.7. The Morgan fingerprint density at radius 1 is 0.365 bits per heavy atom. The van der Waals surface area contributed by atoms with Crippen LogP contribution in [0.4, 0.5) is 11.4 Å². The van der Waals surface area contributed by atoms with E-state index < -0.39 is 10.8 Å². The monoisotopic (exact) mass is 800 g/mol. The van der Waals surface area contributed by atoms with Gasteiger partial charge in [-0.1, -0.05) is 200 Å². The fourth-order valence-corrected chi connectivity index (χ4v) is 12.5. The quantitative estimate of drug-likeness (QED) is 0.172. The second-order valence-electron chi connectivity index (χ2n) is 17.4. The first-order valence-corrected chi connectivity index (χ1v) is 22.1. The molecule has 0 aliphatic heterocycles. The number of anilines is 2. The van der Waals surface area contributed by atoms with Crippen LogP contribution in [0.15, 0.2) is 237 Å². The van der Waals surface area contributed by atoms with E-state index >= 15 is 0 Å². The molecule has 2 heteroatoms. The maximum Gasteiger partial charge on any atom is 0.0740 e. The highest BCUT2D eigenvalue weighted by atomic mass is 15.2. The largest absolute Gasteiger partial charge is 0.331 e. The summed E-state index contributed by atoms with van der Waals surface area (Å²) in [7, 11) is 0. The van der Waals surface area contributed by atoms with Crippen molar-refractivity contribution in [2.45, 2.75) is 16.9 Å². The molecular formula is C61H40N2. The van der Waals surface area contributed by atoms with Crippen LogP contribution in [0.2, 0.25) is 0 Å². The molecule has 63 heavy (non-hydrogen) atoms. The lowest BCUT2D eigenvalue weighted by molar-refractivity contribution is 0.631. The standard InChI is InChI=1S/C61H40N2/c1-2-20-40(19-1)62(41-21-17-22-42(39-41)63-56-36-15-7-27-47(56)48-28-8-16-37-57(48)63)58-38-18-35-55-59(58)61(51-31-11-5-25-45(51)46-26-6-12-32-52(46)61)54-34-14-13-33-53(54)60(55)49-29-9-3-23-43(49)44-24-4-10-30-50(44)60/h1-40H. The molecule has 10 aromatic rings. The molecule has 9 aromatic carbocycles. The average Bonchev–Trinajstić information content (AvgIpc) is 4.13. The summed E-state index contributed by atoms with van der Waals surface area (Å²) in [5, 5.41) is 2.52. The molecule has 4 aliphatic carbocycles. The zero-order valence-electron chi connectivity index (χ0n) is 34.5. The molecule has 0 fully saturated rings. The van der Waals surface area contributed by atoms with E-state index in [1.54, 1.807) is 0 Å². The number of aromatic nitrogens is 1. The van der Waals surface area contributed by atoms with Crippen LogP contribution in [0.25, 0.3) is 49.7 Å². The molecule has 294 valence electrons. The van der Waals surface area contributed by atoms with Gasteiger partial charge in [0, 0.05) is 33.4 Å². The number of allylic oxidation sites excluding steroid dienone is 2. The van der Waals surface area contributed by atoms with E-state index in [4.69, 9.17) is 0 Å². The zero-order chi connectivity index (χ0) is 41.3. The molecule has 2 nitrogen and oxygen atoms in total. The highest BCUT2D eigenvalue weighted by molar-refractivity contribution is 6.09. The molecule has 0 amide bonds. The van der Waals surface area contributed by atoms with Crippen molar-refractivity contribution < 1.29 is 0 Å². The van der Waals surface area contributed by atoms with Gasteiger partial charge >= 0.3 is 0 Å². The topological polar surface area (TPSA) is 8.17 Å². The lowest BCUT2D eigenvalue weighted by atomic mass is 9.52. The minimum absolute atomic E-state index is 0.0230. The summed E-state index contributed by atoms with van der Waals surface area (Å²) in [6.45, 7) is 0. The van der Waals surface area contributed by atoms with E-state index in [1.165, 1.54) is 94.3 Å². The number of para-hydroxylation sites is 2. The Hall–Kier alpha value is -7.94. The molecule has 1 heterocycles. The summed E-state index contributed by atoms with van der Waals surface area (Å²) in [5.41, 5.74) is 20.6. The normalized spacial score (nSPS) is 15.4. The SMILES string of the molecule is C1=CC(N(c2cccc(-n3c4ccccc4c4ccccc43)c2)c2cccc3c2C2(c4ccccc4-c4ccccc42)c2ccccc2C32c3ccccc3-c3ccccc32)C=C1. The minimum atomic E-state index is -0.623. The number of hydrogen-bond acceptors (Lipinski definition) is 1. The molecule has 0 saturated carbocycles. The first-order valence-electron chi connectivity index (χ1n) is 22.1. The maximum absolute atomic E-state index is 2.62. The van der Waals surface area contributed by atoms with Gasteiger partial charge in [0.1, 0.15) is 0 Å². The molecule has 1 aromatic heterocycles. The van der Waals surface area contributed by atoms with E-state index in [0.29, 0.717) is 0 Å². The number of benzene rings is 9. The van der Waals surface area contributed by atoms with Crippen molar-refractivity contribution >= 4 is 33.2 Å². The van der Waals surface area contributed by atoms with Gasteiger partial charge in [0.25, 0.3) is 0 Å². The van der Waals surface area contributed by atoms with Gasteiger partial charge < -0.3 is 9.47 Å². The minimum Gasteiger partial charge on any atom is -0.331 e. The fourth-order valence-electron chi connectivity index (χ4n) is 12.5. The summed E-state index contributed by atoms with van der Waals surface area (Å²) in [6.07, 6.45) is 9.12. The van der Waals surface area contributed by atoms with Crippen molar-refractivity contribution in [1.82, 2.24) is 4.57 Å². The molecule has 0 saturated heterocycles. The number of rotatable bonds is 4. The number of fused-ring (bicyclic) bond motifs is 19. The summed E-state index contributed by atoms with van der Waals surface area (Å²) in [6, 6.07) is 80.2. The summed E-state index contributed by atoms with van der Waals surface area (Å²) in [5.74, 6) is 0. The van der Waals surface area contributed by atoms with Crippen LogP contribution in [-0.4, -0.2) is 10.6 Å². The molecule has 0 atom stereocenters. The Labute approximate surface area is 367 Å². The van der Waals surface area contributed by atoms with Gasteiger partial charge in [-0.15, -0.1) is 0 Å². The molecule has 0 bridgehead atoms. The van der Waals surface area contributed by atoms with E-state index in [2.05, 4.69) is 246 Å². The highest BCUT2D eigenvalue weighted by Crippen LogP contribution is 2.69. The summed E-state index contributed by atoms with van der Waals surface area (Å²) in [4.78, 5) is 2.62. The van der Waals surface area contributed by atoms with Crippen molar-refractivity contribution in [2.75, 3.05) is 4.90 Å². The Bertz CT molecular complexity index is 3460. The van der Waals surface area contributed by atoms with E-state index in [1.807, 2.05) is 0 Å². The first-order chi connectivity index (χ1) is 31.3. The van der Waals surface area contributed by atoms with Crippen LogP contribution in [-0.2, 0) is 10.8 Å². The van der Waals surface area contributed by atoms with E-state index in [0.717, 1.165) is 11.4 Å². The van der Waals surface area contributed by atoms with Gasteiger partial charge in [-0.3, -0.25) is 0 Å². The fraction of sp³-hybridized carbons (Fsp3) is 0.0492. The number of hydrogen-bond donors (Lipinski definition) is 0. The maximum atomic E-state index is 2.62. The zero-order valence-corrected chi connectivity index (χ0v) is 34.5. The van der Waals surface area contributed by atoms with Crippen LogP contribution in [0.1, 0.15) is 44.5 Å². The van der Waals surface area contributed by atoms with Crippen molar-refractivity contribution in [3.05, 3.63) is 281 Å². The van der Waals surface area contributed by atoms with E-state index in [-0.39, 0.29) is 6.04 Å². The second-order valence-corrected chi connectivity index (χ2v) is 17.4. The number of nitrogens with zero attached hydrogens (tertiary/aromatic N) is 2. The summed E-state index contributed by atoms with van der Waals surface area (Å²) < 4.78 is 2.44. The smallest absolute Gasteiger partial charge is 0.0740 e. The van der Waals surface area contributed by atoms with Gasteiger partial charge in [-0.2, -0.15) is 0 Å².